The summed E-state index contributed by atoms with van der Waals surface area (Å²) in [4.78, 5) is 36.8. The lowest BCUT2D eigenvalue weighted by Gasteiger charge is -2.34. The first-order chi connectivity index (χ1) is 20.7. The van der Waals surface area contributed by atoms with Gasteiger partial charge in [-0.25, -0.2) is 4.98 Å². The quantitative estimate of drug-likeness (QED) is 0.0883. The van der Waals surface area contributed by atoms with Crippen LogP contribution < -0.4 is 15.0 Å². The molecule has 1 aromatic heterocycles. The van der Waals surface area contributed by atoms with Gasteiger partial charge in [0.2, 0.25) is 12.8 Å². The molecule has 3 aromatic rings. The molecule has 8 nitrogen and oxygen atoms in total. The maximum absolute atomic E-state index is 13.3. The lowest BCUT2D eigenvalue weighted by molar-refractivity contribution is -0.109. The number of aromatic nitrogens is 1. The predicted molar refractivity (Wildman–Crippen MR) is 168 cm³/mol. The number of aliphatic imine (C=N–C) groups is 1. The minimum absolute atomic E-state index is 0.0619. The highest BCUT2D eigenvalue weighted by Gasteiger charge is 2.28. The van der Waals surface area contributed by atoms with Crippen molar-refractivity contribution < 1.29 is 23.1 Å². The normalized spacial score (nSPS) is 12.2. The molecule has 1 unspecified atom stereocenters. The monoisotopic (exact) mass is 611 g/mol. The second kappa shape index (κ2) is 15.8. The molecule has 1 atom stereocenters. The molecule has 0 spiro atoms. The van der Waals surface area contributed by atoms with Gasteiger partial charge in [0.05, 0.1) is 22.0 Å². The van der Waals surface area contributed by atoms with Crippen LogP contribution in [0.3, 0.4) is 0 Å². The fourth-order valence-electron chi connectivity index (χ4n) is 4.79. The molecule has 0 radical (unpaired) electrons. The van der Waals surface area contributed by atoms with Crippen LogP contribution in [0.1, 0.15) is 44.2 Å². The van der Waals surface area contributed by atoms with Gasteiger partial charge in [0.25, 0.3) is 0 Å². The fraction of sp³-hybridized carbons (Fsp3) is 0.312. The van der Waals surface area contributed by atoms with Crippen molar-refractivity contribution in [1.29, 1.82) is 0 Å². The molecule has 11 heteroatoms. The number of anilines is 2. The standard InChI is InChI=1S/C32H36ClF2N5O3/c1-6-7-16-39(22(4)18-37-19-41)30(36-5)25-17-26(33)29(24-13-9-11-15-28(24)43-32(34)35)38-31(25)40(20-42)27-14-10-8-12-23(27)21(2)3/h6,8-15,17,19-22,32H,1,7,16,18H2,2-5H3,(H,37,41)/b36-30+. The average molecular weight is 612 g/mol. The van der Waals surface area contributed by atoms with Crippen LogP contribution in [0.25, 0.3) is 11.3 Å². The molecule has 0 aliphatic rings. The first kappa shape index (κ1) is 33.2. The van der Waals surface area contributed by atoms with Crippen molar-refractivity contribution in [1.82, 2.24) is 15.2 Å². The zero-order chi connectivity index (χ0) is 31.5. The molecule has 0 aliphatic carbocycles. The van der Waals surface area contributed by atoms with Crippen LogP contribution in [0.4, 0.5) is 20.3 Å². The number of pyridine rings is 1. The first-order valence-corrected chi connectivity index (χ1v) is 14.2. The lowest BCUT2D eigenvalue weighted by atomic mass is 10.00. The maximum Gasteiger partial charge on any atom is 0.387 e. The second-order valence-electron chi connectivity index (χ2n) is 9.95. The van der Waals surface area contributed by atoms with Gasteiger partial charge in [-0.1, -0.05) is 61.9 Å². The lowest BCUT2D eigenvalue weighted by Crippen LogP contribution is -2.45. The van der Waals surface area contributed by atoms with E-state index in [1.54, 1.807) is 37.4 Å². The zero-order valence-electron chi connectivity index (χ0n) is 24.6. The molecule has 0 aliphatic heterocycles. The van der Waals surface area contributed by atoms with Crippen LogP contribution >= 0.6 is 11.6 Å². The zero-order valence-corrected chi connectivity index (χ0v) is 25.4. The van der Waals surface area contributed by atoms with Crippen molar-refractivity contribution >= 4 is 41.8 Å². The van der Waals surface area contributed by atoms with Crippen molar-refractivity contribution in [3.05, 3.63) is 83.4 Å². The predicted octanol–water partition coefficient (Wildman–Crippen LogP) is 6.81. The van der Waals surface area contributed by atoms with Crippen molar-refractivity contribution in [2.45, 2.75) is 45.8 Å². The van der Waals surface area contributed by atoms with Gasteiger partial charge in [-0.15, -0.1) is 6.58 Å². The molecule has 0 fully saturated rings. The van der Waals surface area contributed by atoms with Crippen LogP contribution in [-0.4, -0.2) is 61.3 Å². The number of carbonyl (C=O) groups excluding carboxylic acids is 2. The Morgan fingerprint density at radius 3 is 2.47 bits per heavy atom. The molecule has 3 rings (SSSR count). The smallest absolute Gasteiger partial charge is 0.387 e. The van der Waals surface area contributed by atoms with E-state index in [1.807, 2.05) is 49.9 Å². The average Bonchev–Trinajstić information content (AvgIpc) is 2.99. The number of nitrogens with one attached hydrogen (secondary N) is 1. The molecule has 43 heavy (non-hydrogen) atoms. The highest BCUT2D eigenvalue weighted by molar-refractivity contribution is 6.33. The van der Waals surface area contributed by atoms with E-state index in [-0.39, 0.29) is 39.8 Å². The van der Waals surface area contributed by atoms with Crippen LogP contribution in [-0.2, 0) is 9.59 Å². The van der Waals surface area contributed by atoms with E-state index in [2.05, 4.69) is 16.9 Å². The second-order valence-corrected chi connectivity index (χ2v) is 10.4. The number of halogens is 3. The Morgan fingerprint density at radius 1 is 1.14 bits per heavy atom. The van der Waals surface area contributed by atoms with Gasteiger partial charge >= 0.3 is 6.61 Å². The number of rotatable bonds is 15. The molecular weight excluding hydrogens is 576 g/mol. The van der Waals surface area contributed by atoms with E-state index in [1.165, 1.54) is 11.0 Å². The topological polar surface area (TPSA) is 87.1 Å². The minimum Gasteiger partial charge on any atom is -0.434 e. The highest BCUT2D eigenvalue weighted by Crippen LogP contribution is 2.40. The van der Waals surface area contributed by atoms with E-state index in [0.29, 0.717) is 49.4 Å². The van der Waals surface area contributed by atoms with Crippen molar-refractivity contribution in [2.24, 2.45) is 4.99 Å². The number of carbonyl (C=O) groups is 2. The third kappa shape index (κ3) is 7.95. The van der Waals surface area contributed by atoms with E-state index < -0.39 is 6.61 Å². The summed E-state index contributed by atoms with van der Waals surface area (Å²) < 4.78 is 31.4. The SMILES string of the molecule is C=CCCN(/C(=N/C)c1cc(Cl)c(-c2ccccc2OC(F)F)nc1N(C=O)c1ccccc1C(C)C)C(C)CNC=O. The Morgan fingerprint density at radius 2 is 1.84 bits per heavy atom. The molecule has 1 N–H and O–H groups in total. The number of alkyl halides is 2. The molecule has 228 valence electrons. The Bertz CT molecular complexity index is 1450. The van der Waals surface area contributed by atoms with Crippen molar-refractivity contribution in [3.63, 3.8) is 0 Å². The van der Waals surface area contributed by atoms with Gasteiger partial charge in [-0.3, -0.25) is 19.5 Å². The number of amides is 2. The summed E-state index contributed by atoms with van der Waals surface area (Å²) in [5.74, 6) is 0.598. The van der Waals surface area contributed by atoms with Crippen molar-refractivity contribution in [2.75, 3.05) is 25.0 Å². The van der Waals surface area contributed by atoms with Crippen LogP contribution in [0.5, 0.6) is 5.75 Å². The maximum atomic E-state index is 13.3. The molecule has 0 saturated carbocycles. The number of hydrogen-bond acceptors (Lipinski definition) is 5. The van der Waals surface area contributed by atoms with Crippen LogP contribution in [0.15, 0.2) is 72.2 Å². The van der Waals surface area contributed by atoms with E-state index in [9.17, 15) is 18.4 Å². The first-order valence-electron chi connectivity index (χ1n) is 13.8. The molecule has 1 heterocycles. The largest absolute Gasteiger partial charge is 0.434 e. The van der Waals surface area contributed by atoms with Crippen LogP contribution in [0.2, 0.25) is 5.02 Å². The Balaban J connectivity index is 2.37. The Hall–Kier alpha value is -4.31. The summed E-state index contributed by atoms with van der Waals surface area (Å²) >= 11 is 6.83. The third-order valence-corrected chi connectivity index (χ3v) is 7.08. The molecule has 2 amide bonds. The summed E-state index contributed by atoms with van der Waals surface area (Å²) in [6, 6.07) is 15.0. The fourth-order valence-corrected chi connectivity index (χ4v) is 5.04. The molecule has 2 aromatic carbocycles. The summed E-state index contributed by atoms with van der Waals surface area (Å²) in [5.41, 5.74) is 2.29. The molecule has 0 saturated heterocycles. The summed E-state index contributed by atoms with van der Waals surface area (Å²) in [7, 11) is 1.61. The number of nitrogens with zero attached hydrogens (tertiary/aromatic N) is 4. The van der Waals surface area contributed by atoms with Gasteiger partial charge < -0.3 is 15.0 Å². The van der Waals surface area contributed by atoms with E-state index in [4.69, 9.17) is 21.3 Å². The molecule has 0 bridgehead atoms. The Kier molecular flexibility index (Phi) is 12.2. The van der Waals surface area contributed by atoms with Crippen molar-refractivity contribution in [3.8, 4) is 17.0 Å². The summed E-state index contributed by atoms with van der Waals surface area (Å²) in [6.07, 6.45) is 3.65. The number of benzene rings is 2. The third-order valence-electron chi connectivity index (χ3n) is 6.79. The van der Waals surface area contributed by atoms with Gasteiger partial charge in [-0.2, -0.15) is 8.78 Å². The molecular formula is C32H36ClF2N5O3. The number of amidine groups is 1. The number of ether oxygens (including phenoxy) is 1. The van der Waals surface area contributed by atoms with Gasteiger partial charge in [0.15, 0.2) is 5.82 Å². The Labute approximate surface area is 256 Å². The van der Waals surface area contributed by atoms with Crippen LogP contribution in [0, 0.1) is 0 Å². The summed E-state index contributed by atoms with van der Waals surface area (Å²) in [6.45, 7) is 7.53. The highest BCUT2D eigenvalue weighted by atomic mass is 35.5. The van der Waals surface area contributed by atoms with E-state index in [0.717, 1.165) is 5.56 Å². The van der Waals surface area contributed by atoms with Gasteiger partial charge in [0, 0.05) is 31.7 Å². The number of para-hydroxylation sites is 2. The van der Waals surface area contributed by atoms with E-state index >= 15 is 0 Å². The number of hydrogen-bond donors (Lipinski definition) is 1. The van der Waals surface area contributed by atoms with Gasteiger partial charge in [-0.05, 0) is 49.1 Å². The minimum atomic E-state index is -3.07. The van der Waals surface area contributed by atoms with Gasteiger partial charge in [0.1, 0.15) is 11.6 Å². The summed E-state index contributed by atoms with van der Waals surface area (Å²) in [5, 5.41) is 2.84.